The van der Waals surface area contributed by atoms with Gasteiger partial charge < -0.3 is 42.0 Å². The van der Waals surface area contributed by atoms with E-state index >= 15 is 0 Å². The van der Waals surface area contributed by atoms with Gasteiger partial charge in [-0.25, -0.2) is 0 Å². The molecule has 1 aliphatic rings. The lowest BCUT2D eigenvalue weighted by atomic mass is 10.0. The maximum Gasteiger partial charge on any atom is 0.289 e. The molecule has 1 saturated heterocycles. The quantitative estimate of drug-likeness (QED) is 0.0749. The van der Waals surface area contributed by atoms with Crippen molar-refractivity contribution in [3.63, 3.8) is 0 Å². The molecule has 1 fully saturated rings. The Morgan fingerprint density at radius 2 is 1.39 bits per heavy atom. The average Bonchev–Trinajstić information content (AvgIpc) is 3.68. The highest BCUT2D eigenvalue weighted by molar-refractivity contribution is 6.38. The van der Waals surface area contributed by atoms with Crippen molar-refractivity contribution in [3.8, 4) is 0 Å². The van der Waals surface area contributed by atoms with Crippen molar-refractivity contribution >= 4 is 41.2 Å². The van der Waals surface area contributed by atoms with Crippen LogP contribution >= 0.6 is 0 Å². The molecule has 2 aromatic carbocycles. The third-order valence-corrected chi connectivity index (χ3v) is 9.61. The number of benzene rings is 2. The highest BCUT2D eigenvalue weighted by Gasteiger charge is 2.36. The van der Waals surface area contributed by atoms with Crippen molar-refractivity contribution < 1.29 is 38.3 Å². The topological polar surface area (TPSA) is 218 Å². The number of hydrogen-bond acceptors (Lipinski definition) is 9. The lowest BCUT2D eigenvalue weighted by Crippen LogP contribution is -2.59. The summed E-state index contributed by atoms with van der Waals surface area (Å²) in [6.07, 6.45) is 2.78. The fourth-order valence-electron chi connectivity index (χ4n) is 6.40. The number of unbranched alkanes of at least 4 members (excludes halogenated alkanes) is 1. The molecule has 3 rings (SSSR count). The van der Waals surface area contributed by atoms with Gasteiger partial charge in [0.25, 0.3) is 5.91 Å². The van der Waals surface area contributed by atoms with Crippen LogP contribution < -0.4 is 32.3 Å². The molecule has 56 heavy (non-hydrogen) atoms. The van der Waals surface area contributed by atoms with Gasteiger partial charge in [-0.15, -0.1) is 0 Å². The van der Waals surface area contributed by atoms with Gasteiger partial charge in [-0.1, -0.05) is 74.5 Å². The minimum Gasteiger partial charge on any atom is -0.375 e. The van der Waals surface area contributed by atoms with E-state index in [0.717, 1.165) is 11.1 Å². The van der Waals surface area contributed by atoms with E-state index in [4.69, 9.17) is 10.5 Å². The lowest BCUT2D eigenvalue weighted by Gasteiger charge is -2.28. The standard InChI is InChI=1S/C41H59N7O8/c1-26(2)35(47-39(53)34-20-14-22-48(34)29(5)49)40(54)44-28(4)37(51)46-33(19-12-13-21-42)38(52)43-27(3)36(50)41(55)45-32(23-30-15-8-6-9-16-30)25-56-24-31-17-10-7-11-18-31/h6-11,15-18,26-28,32-35H,12-14,19-25,42H2,1-5H3,(H,43,52)(H,44,54)(H,45,55)(H,46,51)(H,47,53)/t27-,28-,32-,33-,34-,35-/m0/s1. The molecule has 0 aliphatic carbocycles. The van der Waals surface area contributed by atoms with Crippen LogP contribution in [0.2, 0.25) is 0 Å². The van der Waals surface area contributed by atoms with Gasteiger partial charge in [0, 0.05) is 13.5 Å². The number of nitrogens with two attached hydrogens (primary N) is 1. The number of carbonyl (C=O) groups excluding carboxylic acids is 7. The predicted octanol–water partition coefficient (Wildman–Crippen LogP) is 1.27. The molecule has 6 amide bonds. The molecule has 0 radical (unpaired) electrons. The second-order valence-corrected chi connectivity index (χ2v) is 14.6. The normalized spacial score (nSPS) is 16.5. The van der Waals surface area contributed by atoms with E-state index in [0.29, 0.717) is 51.8 Å². The van der Waals surface area contributed by atoms with E-state index in [1.807, 2.05) is 60.7 Å². The van der Waals surface area contributed by atoms with Gasteiger partial charge in [-0.2, -0.15) is 0 Å². The number of carbonyl (C=O) groups is 7. The Bertz CT molecular complexity index is 1620. The van der Waals surface area contributed by atoms with E-state index in [2.05, 4.69) is 26.6 Å². The van der Waals surface area contributed by atoms with Crippen LogP contribution in [-0.4, -0.2) is 102 Å². The van der Waals surface area contributed by atoms with Gasteiger partial charge in [0.15, 0.2) is 0 Å². The third-order valence-electron chi connectivity index (χ3n) is 9.61. The number of nitrogens with zero attached hydrogens (tertiary/aromatic N) is 1. The minimum atomic E-state index is -1.23. The van der Waals surface area contributed by atoms with Crippen LogP contribution in [0.15, 0.2) is 60.7 Å². The van der Waals surface area contributed by atoms with Crippen LogP contribution in [0.25, 0.3) is 0 Å². The van der Waals surface area contributed by atoms with Crippen LogP contribution in [0.5, 0.6) is 0 Å². The van der Waals surface area contributed by atoms with Gasteiger partial charge in [0.05, 0.1) is 25.3 Å². The summed E-state index contributed by atoms with van der Waals surface area (Å²) in [6, 6.07) is 13.4. The summed E-state index contributed by atoms with van der Waals surface area (Å²) >= 11 is 0. The predicted molar refractivity (Wildman–Crippen MR) is 210 cm³/mol. The largest absolute Gasteiger partial charge is 0.375 e. The Morgan fingerprint density at radius 1 is 0.768 bits per heavy atom. The van der Waals surface area contributed by atoms with Gasteiger partial charge in [-0.05, 0) is 76.0 Å². The number of rotatable bonds is 22. The monoisotopic (exact) mass is 777 g/mol. The zero-order valence-corrected chi connectivity index (χ0v) is 33.2. The first-order chi connectivity index (χ1) is 26.7. The molecule has 0 aromatic heterocycles. The van der Waals surface area contributed by atoms with Crippen LogP contribution in [0.4, 0.5) is 0 Å². The molecule has 0 unspecified atom stereocenters. The summed E-state index contributed by atoms with van der Waals surface area (Å²) in [4.78, 5) is 93.1. The maximum absolute atomic E-state index is 13.5. The van der Waals surface area contributed by atoms with E-state index < -0.39 is 71.6 Å². The van der Waals surface area contributed by atoms with E-state index in [-0.39, 0.29) is 24.9 Å². The van der Waals surface area contributed by atoms with Crippen LogP contribution in [0.1, 0.15) is 77.8 Å². The summed E-state index contributed by atoms with van der Waals surface area (Å²) in [5, 5.41) is 13.3. The van der Waals surface area contributed by atoms with E-state index in [1.165, 1.54) is 25.7 Å². The average molecular weight is 778 g/mol. The maximum atomic E-state index is 13.5. The molecule has 2 aromatic rings. The number of likely N-dealkylation sites (tertiary alicyclic amines) is 1. The molecule has 15 nitrogen and oxygen atoms in total. The van der Waals surface area contributed by atoms with Crippen molar-refractivity contribution in [2.24, 2.45) is 11.7 Å². The molecule has 0 spiro atoms. The molecule has 15 heteroatoms. The SMILES string of the molecule is CC(=O)N1CCC[C@H]1C(=O)N[C@H](C(=O)N[C@@H](C)C(=O)N[C@@H](CCCCN)C(=O)N[C@@H](C)C(=O)C(=O)N[C@H](COCc1ccccc1)Cc1ccccc1)C(C)C. The van der Waals surface area contributed by atoms with E-state index in [1.54, 1.807) is 13.8 Å². The number of Topliss-reactive ketones (excluding diaryl/α,β-unsaturated/α-hetero) is 1. The Kier molecular flexibility index (Phi) is 18.6. The molecule has 0 saturated carbocycles. The van der Waals surface area contributed by atoms with Gasteiger partial charge >= 0.3 is 0 Å². The molecule has 0 bridgehead atoms. The summed E-state index contributed by atoms with van der Waals surface area (Å²) in [5.41, 5.74) is 7.56. The van der Waals surface area contributed by atoms with Crippen molar-refractivity contribution in [3.05, 3.63) is 71.8 Å². The van der Waals surface area contributed by atoms with Crippen LogP contribution in [0.3, 0.4) is 0 Å². The number of nitrogens with one attached hydrogen (secondary N) is 5. The fraction of sp³-hybridized carbons (Fsp3) is 0.537. The zero-order chi connectivity index (χ0) is 41.2. The minimum absolute atomic E-state index is 0.136. The third kappa shape index (κ3) is 14.5. The Morgan fingerprint density at radius 3 is 2.00 bits per heavy atom. The first kappa shape index (κ1) is 45.2. The van der Waals surface area contributed by atoms with Gasteiger partial charge in [-0.3, -0.25) is 33.6 Å². The van der Waals surface area contributed by atoms with E-state index in [9.17, 15) is 33.6 Å². The van der Waals surface area contributed by atoms with Gasteiger partial charge in [0.2, 0.25) is 35.3 Å². The molecule has 6 atom stereocenters. The summed E-state index contributed by atoms with van der Waals surface area (Å²) < 4.78 is 5.89. The van der Waals surface area contributed by atoms with Crippen LogP contribution in [-0.2, 0) is 51.3 Å². The van der Waals surface area contributed by atoms with Crippen LogP contribution in [0, 0.1) is 5.92 Å². The van der Waals surface area contributed by atoms with Crippen molar-refractivity contribution in [1.82, 2.24) is 31.5 Å². The summed E-state index contributed by atoms with van der Waals surface area (Å²) in [7, 11) is 0. The smallest absolute Gasteiger partial charge is 0.289 e. The zero-order valence-electron chi connectivity index (χ0n) is 33.2. The summed E-state index contributed by atoms with van der Waals surface area (Å²) in [6.45, 7) is 9.00. The molecular formula is C41H59N7O8. The first-order valence-corrected chi connectivity index (χ1v) is 19.4. The second-order valence-electron chi connectivity index (χ2n) is 14.6. The molecule has 1 aliphatic heterocycles. The first-order valence-electron chi connectivity index (χ1n) is 19.4. The number of hydrogen-bond donors (Lipinski definition) is 6. The summed E-state index contributed by atoms with van der Waals surface area (Å²) in [5.74, 6) is -4.74. The van der Waals surface area contributed by atoms with Crippen molar-refractivity contribution in [1.29, 1.82) is 0 Å². The molecule has 1 heterocycles. The fourth-order valence-corrected chi connectivity index (χ4v) is 6.40. The molecule has 7 N–H and O–H groups in total. The highest BCUT2D eigenvalue weighted by atomic mass is 16.5. The highest BCUT2D eigenvalue weighted by Crippen LogP contribution is 2.18. The second kappa shape index (κ2) is 23.0. The Labute approximate surface area is 329 Å². The van der Waals surface area contributed by atoms with Crippen molar-refractivity contribution in [2.45, 2.75) is 116 Å². The Hall–Kier alpha value is -5.15. The Balaban J connectivity index is 1.60. The van der Waals surface area contributed by atoms with Crippen molar-refractivity contribution in [2.75, 3.05) is 19.7 Å². The molecular weight excluding hydrogens is 718 g/mol. The number of amides is 6. The van der Waals surface area contributed by atoms with Gasteiger partial charge in [0.1, 0.15) is 24.2 Å². The number of ether oxygens (including phenoxy) is 1. The molecule has 306 valence electrons. The lowest BCUT2D eigenvalue weighted by molar-refractivity contribution is -0.140. The number of ketones is 1.